The van der Waals surface area contributed by atoms with E-state index in [0.29, 0.717) is 5.92 Å². The van der Waals surface area contributed by atoms with E-state index in [9.17, 15) is 9.18 Å². The lowest BCUT2D eigenvalue weighted by molar-refractivity contribution is -0.122. The van der Waals surface area contributed by atoms with E-state index in [4.69, 9.17) is 0 Å². The van der Waals surface area contributed by atoms with Gasteiger partial charge in [0, 0.05) is 11.7 Å². The zero-order valence-electron chi connectivity index (χ0n) is 14.8. The number of benzene rings is 2. The van der Waals surface area contributed by atoms with Crippen molar-refractivity contribution in [1.82, 2.24) is 5.32 Å². The normalized spacial score (nSPS) is 16.1. The van der Waals surface area contributed by atoms with Crippen LogP contribution >= 0.6 is 0 Å². The van der Waals surface area contributed by atoms with E-state index in [1.165, 1.54) is 17.7 Å². The molecular weight excluding hydrogens is 315 g/mol. The molecule has 2 aromatic rings. The van der Waals surface area contributed by atoms with Gasteiger partial charge in [-0.1, -0.05) is 38.1 Å². The Balaban J connectivity index is 1.78. The molecule has 0 unspecified atom stereocenters. The van der Waals surface area contributed by atoms with Gasteiger partial charge in [-0.2, -0.15) is 0 Å². The van der Waals surface area contributed by atoms with Gasteiger partial charge in [0.2, 0.25) is 5.91 Å². The number of hydrogen-bond acceptors (Lipinski definition) is 2. The lowest BCUT2D eigenvalue weighted by Gasteiger charge is -2.20. The molecule has 0 radical (unpaired) electrons. The van der Waals surface area contributed by atoms with E-state index in [-0.39, 0.29) is 17.8 Å². The van der Waals surface area contributed by atoms with E-state index in [0.717, 1.165) is 30.5 Å². The maximum atomic E-state index is 13.2. The average molecular weight is 340 g/mol. The molecule has 0 spiro atoms. The van der Waals surface area contributed by atoms with Crippen molar-refractivity contribution >= 4 is 11.6 Å². The van der Waals surface area contributed by atoms with E-state index >= 15 is 0 Å². The lowest BCUT2D eigenvalue weighted by Crippen LogP contribution is -2.34. The molecule has 1 saturated carbocycles. The molecule has 0 saturated heterocycles. The predicted octanol–water partition coefficient (Wildman–Crippen LogP) is 4.77. The Labute approximate surface area is 148 Å². The third-order valence-corrected chi connectivity index (χ3v) is 4.79. The number of carbonyl (C=O) groups excluding carboxylic acids is 1. The average Bonchev–Trinajstić information content (AvgIpc) is 3.44. The maximum absolute atomic E-state index is 13.2. The Kier molecular flexibility index (Phi) is 5.37. The van der Waals surface area contributed by atoms with E-state index in [2.05, 4.69) is 36.6 Å². The first-order chi connectivity index (χ1) is 12.1. The van der Waals surface area contributed by atoms with Crippen LogP contribution in [0.15, 0.2) is 48.5 Å². The van der Waals surface area contributed by atoms with Gasteiger partial charge in [0.1, 0.15) is 11.9 Å². The number of nitrogens with one attached hydrogen (secondary N) is 2. The minimum atomic E-state index is -0.532. The zero-order chi connectivity index (χ0) is 17.8. The molecule has 1 fully saturated rings. The van der Waals surface area contributed by atoms with Crippen molar-refractivity contribution in [2.24, 2.45) is 0 Å². The standard InChI is InChI=1S/C21H25FN2O/c1-3-14(2)15-6-10-18(11-7-15)23-20(21(25)24-19-12-13-19)16-4-8-17(22)9-5-16/h4-11,14,19-20,23H,3,12-13H2,1-2H3,(H,24,25)/t14-,20+/m1/s1. The van der Waals surface area contributed by atoms with Crippen LogP contribution < -0.4 is 10.6 Å². The summed E-state index contributed by atoms with van der Waals surface area (Å²) >= 11 is 0. The molecule has 1 aliphatic carbocycles. The van der Waals surface area contributed by atoms with Crippen LogP contribution in [0.25, 0.3) is 0 Å². The summed E-state index contributed by atoms with van der Waals surface area (Å²) in [5, 5.41) is 6.33. The highest BCUT2D eigenvalue weighted by Crippen LogP contribution is 2.26. The van der Waals surface area contributed by atoms with Crippen molar-refractivity contribution in [3.05, 3.63) is 65.5 Å². The smallest absolute Gasteiger partial charge is 0.247 e. The highest BCUT2D eigenvalue weighted by molar-refractivity contribution is 5.86. The third kappa shape index (κ3) is 4.59. The molecule has 2 N–H and O–H groups in total. The summed E-state index contributed by atoms with van der Waals surface area (Å²) in [6.07, 6.45) is 3.16. The van der Waals surface area contributed by atoms with Crippen molar-refractivity contribution in [1.29, 1.82) is 0 Å². The van der Waals surface area contributed by atoms with E-state index in [1.807, 2.05) is 12.1 Å². The van der Waals surface area contributed by atoms with Crippen LogP contribution in [0.2, 0.25) is 0 Å². The van der Waals surface area contributed by atoms with Gasteiger partial charge >= 0.3 is 0 Å². The highest BCUT2D eigenvalue weighted by Gasteiger charge is 2.28. The van der Waals surface area contributed by atoms with E-state index < -0.39 is 6.04 Å². The molecule has 2 aromatic carbocycles. The second-order valence-electron chi connectivity index (χ2n) is 6.84. The first kappa shape index (κ1) is 17.5. The molecule has 2 atom stereocenters. The van der Waals surface area contributed by atoms with Gasteiger partial charge in [0.25, 0.3) is 0 Å². The SMILES string of the molecule is CC[C@@H](C)c1ccc(N[C@H](C(=O)NC2CC2)c2ccc(F)cc2)cc1. The third-order valence-electron chi connectivity index (χ3n) is 4.79. The molecule has 0 bridgehead atoms. The van der Waals surface area contributed by atoms with Gasteiger partial charge in [-0.25, -0.2) is 4.39 Å². The molecule has 0 aliphatic heterocycles. The molecule has 4 heteroatoms. The number of carbonyl (C=O) groups is 1. The molecule has 3 rings (SSSR count). The fraction of sp³-hybridized carbons (Fsp3) is 0.381. The Morgan fingerprint density at radius 1 is 1.08 bits per heavy atom. The molecule has 132 valence electrons. The Hall–Kier alpha value is -2.36. The number of amides is 1. The van der Waals surface area contributed by atoms with Crippen molar-refractivity contribution in [2.45, 2.75) is 51.1 Å². The van der Waals surface area contributed by atoms with Gasteiger partial charge in [0.05, 0.1) is 0 Å². The predicted molar refractivity (Wildman–Crippen MR) is 99.1 cm³/mol. The molecule has 1 aliphatic rings. The number of hydrogen-bond donors (Lipinski definition) is 2. The van der Waals surface area contributed by atoms with Crippen molar-refractivity contribution < 1.29 is 9.18 Å². The van der Waals surface area contributed by atoms with Crippen LogP contribution in [0.3, 0.4) is 0 Å². The first-order valence-corrected chi connectivity index (χ1v) is 8.99. The summed E-state index contributed by atoms with van der Waals surface area (Å²) in [7, 11) is 0. The van der Waals surface area contributed by atoms with Gasteiger partial charge in [0.15, 0.2) is 0 Å². The van der Waals surface area contributed by atoms with Crippen molar-refractivity contribution in [3.8, 4) is 0 Å². The fourth-order valence-corrected chi connectivity index (χ4v) is 2.78. The molecule has 25 heavy (non-hydrogen) atoms. The lowest BCUT2D eigenvalue weighted by atomic mass is 9.98. The highest BCUT2D eigenvalue weighted by atomic mass is 19.1. The monoisotopic (exact) mass is 340 g/mol. The summed E-state index contributed by atoms with van der Waals surface area (Å²) in [5.74, 6) is 0.142. The number of halogens is 1. The summed E-state index contributed by atoms with van der Waals surface area (Å²) in [4.78, 5) is 12.6. The molecule has 1 amide bonds. The zero-order valence-corrected chi connectivity index (χ0v) is 14.8. The minimum Gasteiger partial charge on any atom is -0.370 e. The van der Waals surface area contributed by atoms with E-state index in [1.54, 1.807) is 12.1 Å². The first-order valence-electron chi connectivity index (χ1n) is 8.99. The van der Waals surface area contributed by atoms with Gasteiger partial charge < -0.3 is 10.6 Å². The van der Waals surface area contributed by atoms with Gasteiger partial charge in [-0.05, 0) is 60.6 Å². The Bertz CT molecular complexity index is 708. The summed E-state index contributed by atoms with van der Waals surface area (Å²) in [6, 6.07) is 14.0. The quantitative estimate of drug-likeness (QED) is 0.762. The van der Waals surface area contributed by atoms with Crippen LogP contribution in [-0.4, -0.2) is 11.9 Å². The maximum Gasteiger partial charge on any atom is 0.247 e. The topological polar surface area (TPSA) is 41.1 Å². The van der Waals surface area contributed by atoms with Crippen LogP contribution in [0.4, 0.5) is 10.1 Å². The summed E-state index contributed by atoms with van der Waals surface area (Å²) in [6.45, 7) is 4.37. The second-order valence-corrected chi connectivity index (χ2v) is 6.84. The van der Waals surface area contributed by atoms with Gasteiger partial charge in [-0.3, -0.25) is 4.79 Å². The summed E-state index contributed by atoms with van der Waals surface area (Å²) < 4.78 is 13.2. The molecule has 0 heterocycles. The largest absolute Gasteiger partial charge is 0.370 e. The summed E-state index contributed by atoms with van der Waals surface area (Å²) in [5.41, 5.74) is 2.92. The van der Waals surface area contributed by atoms with Crippen LogP contribution in [0, 0.1) is 5.82 Å². The minimum absolute atomic E-state index is 0.0693. The van der Waals surface area contributed by atoms with Crippen LogP contribution in [0.1, 0.15) is 56.2 Å². The molecule has 3 nitrogen and oxygen atoms in total. The number of rotatable bonds is 7. The van der Waals surface area contributed by atoms with Gasteiger partial charge in [-0.15, -0.1) is 0 Å². The van der Waals surface area contributed by atoms with Crippen LogP contribution in [0.5, 0.6) is 0 Å². The second kappa shape index (κ2) is 7.68. The Morgan fingerprint density at radius 3 is 2.24 bits per heavy atom. The van der Waals surface area contributed by atoms with Crippen molar-refractivity contribution in [2.75, 3.05) is 5.32 Å². The molecule has 0 aromatic heterocycles. The number of anilines is 1. The van der Waals surface area contributed by atoms with Crippen LogP contribution in [-0.2, 0) is 4.79 Å². The molecular formula is C21H25FN2O. The fourth-order valence-electron chi connectivity index (χ4n) is 2.78. The van der Waals surface area contributed by atoms with Crippen molar-refractivity contribution in [3.63, 3.8) is 0 Å². The Morgan fingerprint density at radius 2 is 1.68 bits per heavy atom.